The van der Waals surface area contributed by atoms with Crippen molar-refractivity contribution >= 4 is 10.9 Å². The monoisotopic (exact) mass is 379 g/mol. The smallest absolute Gasteiger partial charge is 0.397 e. The normalized spacial score (nSPS) is 11.0. The van der Waals surface area contributed by atoms with Crippen LogP contribution >= 0.6 is 0 Å². The highest BCUT2D eigenvalue weighted by Gasteiger charge is 2.06. The Balaban J connectivity index is 1.21. The van der Waals surface area contributed by atoms with Crippen LogP contribution in [0.4, 0.5) is 0 Å². The van der Waals surface area contributed by atoms with E-state index in [1.54, 1.807) is 18.2 Å². The molecule has 1 heterocycles. The maximum absolute atomic E-state index is 11.9. The summed E-state index contributed by atoms with van der Waals surface area (Å²) in [6.07, 6.45) is 11.0. The topological polar surface area (TPSA) is 52.3 Å². The van der Waals surface area contributed by atoms with E-state index in [-0.39, 0.29) is 6.08 Å². The van der Waals surface area contributed by atoms with Gasteiger partial charge in [0.05, 0.1) is 17.5 Å². The van der Waals surface area contributed by atoms with Crippen molar-refractivity contribution in [2.45, 2.75) is 57.8 Å². The average molecular weight is 380 g/mol. The first-order valence-corrected chi connectivity index (χ1v) is 10.4. The molecule has 0 amide bonds. The summed E-state index contributed by atoms with van der Waals surface area (Å²) < 4.78 is 10.6. The molecule has 148 valence electrons. The minimum Gasteiger partial charge on any atom is -0.450 e. The van der Waals surface area contributed by atoms with Crippen molar-refractivity contribution in [2.24, 2.45) is 0 Å². The van der Waals surface area contributed by atoms with Crippen molar-refractivity contribution in [1.29, 1.82) is 0 Å². The molecule has 0 aliphatic rings. The molecule has 0 spiro atoms. The van der Waals surface area contributed by atoms with Crippen molar-refractivity contribution in [1.82, 2.24) is 4.98 Å². The van der Waals surface area contributed by atoms with Crippen LogP contribution in [0.25, 0.3) is 10.9 Å². The Bertz CT molecular complexity index is 889. The van der Waals surface area contributed by atoms with Gasteiger partial charge in [-0.1, -0.05) is 81.0 Å². The summed E-state index contributed by atoms with van der Waals surface area (Å²) in [6.45, 7) is 0.533. The van der Waals surface area contributed by atoms with E-state index in [0.29, 0.717) is 17.5 Å². The van der Waals surface area contributed by atoms with Gasteiger partial charge in [-0.3, -0.25) is 0 Å². The lowest BCUT2D eigenvalue weighted by Crippen LogP contribution is -2.06. The van der Waals surface area contributed by atoms with E-state index in [4.69, 9.17) is 9.15 Å². The Hall–Kier alpha value is -2.62. The molecule has 0 N–H and O–H groups in total. The lowest BCUT2D eigenvalue weighted by Gasteiger charge is -2.05. The minimum absolute atomic E-state index is 0.0714. The van der Waals surface area contributed by atoms with E-state index in [0.717, 1.165) is 12.8 Å². The first kappa shape index (κ1) is 20.1. The molecule has 1 aromatic heterocycles. The Kier molecular flexibility index (Phi) is 8.10. The molecule has 0 atom stereocenters. The summed E-state index contributed by atoms with van der Waals surface area (Å²) in [5.41, 5.74) is 1.66. The molecule has 0 radical (unpaired) electrons. The number of nitrogens with zero attached hydrogens (tertiary/aromatic N) is 1. The van der Waals surface area contributed by atoms with Gasteiger partial charge in [-0.15, -0.1) is 0 Å². The van der Waals surface area contributed by atoms with Crippen LogP contribution in [0.3, 0.4) is 0 Å². The number of unbranched alkanes of at least 4 members (excludes halogenated alkanes) is 7. The molecular formula is C24H29NO3. The molecule has 0 bridgehead atoms. The van der Waals surface area contributed by atoms with Crippen molar-refractivity contribution < 1.29 is 9.15 Å². The molecule has 4 nitrogen and oxygen atoms in total. The molecular weight excluding hydrogens is 350 g/mol. The first-order valence-electron chi connectivity index (χ1n) is 10.4. The number of hydrogen-bond acceptors (Lipinski definition) is 4. The van der Waals surface area contributed by atoms with Crippen LogP contribution in [0, 0.1) is 0 Å². The molecule has 28 heavy (non-hydrogen) atoms. The lowest BCUT2D eigenvalue weighted by molar-refractivity contribution is 0.211. The van der Waals surface area contributed by atoms with Gasteiger partial charge in [0.1, 0.15) is 0 Å². The number of aromatic nitrogens is 1. The van der Waals surface area contributed by atoms with Crippen LogP contribution in [0.1, 0.15) is 56.9 Å². The van der Waals surface area contributed by atoms with E-state index >= 15 is 0 Å². The highest BCUT2D eigenvalue weighted by Crippen LogP contribution is 2.14. The Morgan fingerprint density at radius 3 is 2.18 bits per heavy atom. The highest BCUT2D eigenvalue weighted by molar-refractivity contribution is 5.76. The number of para-hydroxylation sites is 1. The number of fused-ring (bicyclic) bond motifs is 1. The molecule has 0 unspecified atom stereocenters. The number of rotatable bonds is 12. The van der Waals surface area contributed by atoms with Crippen molar-refractivity contribution in [3.8, 4) is 6.08 Å². The maximum atomic E-state index is 11.9. The molecule has 0 saturated carbocycles. The van der Waals surface area contributed by atoms with Gasteiger partial charge in [0.15, 0.2) is 0 Å². The van der Waals surface area contributed by atoms with Crippen LogP contribution in [-0.2, 0) is 6.42 Å². The van der Waals surface area contributed by atoms with E-state index in [2.05, 4.69) is 35.3 Å². The van der Waals surface area contributed by atoms with E-state index in [9.17, 15) is 4.79 Å². The van der Waals surface area contributed by atoms with Gasteiger partial charge in [-0.2, -0.15) is 4.98 Å². The zero-order valence-corrected chi connectivity index (χ0v) is 16.4. The fourth-order valence-electron chi connectivity index (χ4n) is 3.36. The molecule has 4 heteroatoms. The van der Waals surface area contributed by atoms with Gasteiger partial charge < -0.3 is 9.15 Å². The summed E-state index contributed by atoms with van der Waals surface area (Å²) in [5, 5.41) is 0.485. The standard InChI is InChI=1S/C24H29NO3/c26-23-21-17-11-12-18-22(21)25-24(28-23)27-19-13-6-4-2-1-3-5-8-14-20-15-9-7-10-16-20/h7,9-12,15-18H,1-6,8,13-14,19H2. The number of hydrogen-bond donors (Lipinski definition) is 0. The average Bonchev–Trinajstić information content (AvgIpc) is 2.73. The predicted molar refractivity (Wildman–Crippen MR) is 113 cm³/mol. The summed E-state index contributed by atoms with van der Waals surface area (Å²) in [5.74, 6) is 0. The van der Waals surface area contributed by atoms with E-state index in [1.165, 1.54) is 50.5 Å². The zero-order chi connectivity index (χ0) is 19.4. The lowest BCUT2D eigenvalue weighted by atomic mass is 10.0. The zero-order valence-electron chi connectivity index (χ0n) is 16.4. The molecule has 0 fully saturated rings. The Morgan fingerprint density at radius 1 is 0.750 bits per heavy atom. The number of benzene rings is 2. The van der Waals surface area contributed by atoms with Gasteiger partial charge in [-0.25, -0.2) is 4.79 Å². The highest BCUT2D eigenvalue weighted by atomic mass is 16.6. The third-order valence-corrected chi connectivity index (χ3v) is 4.94. The quantitative estimate of drug-likeness (QED) is 0.366. The van der Waals surface area contributed by atoms with E-state index in [1.807, 2.05) is 6.07 Å². The predicted octanol–water partition coefficient (Wildman–Crippen LogP) is 5.93. The van der Waals surface area contributed by atoms with Gasteiger partial charge in [0.2, 0.25) is 0 Å². The molecule has 3 aromatic rings. The summed E-state index contributed by atoms with van der Waals surface area (Å²) in [6, 6.07) is 17.9. The van der Waals surface area contributed by atoms with Crippen LogP contribution in [0.5, 0.6) is 6.08 Å². The summed E-state index contributed by atoms with van der Waals surface area (Å²) >= 11 is 0. The fourth-order valence-corrected chi connectivity index (χ4v) is 3.36. The summed E-state index contributed by atoms with van der Waals surface area (Å²) in [4.78, 5) is 16.1. The van der Waals surface area contributed by atoms with Crippen LogP contribution in [0.15, 0.2) is 63.8 Å². The number of aryl methyl sites for hydroxylation is 1. The molecule has 0 aliphatic heterocycles. The molecule has 3 rings (SSSR count). The van der Waals surface area contributed by atoms with Gasteiger partial charge >= 0.3 is 11.7 Å². The Labute approximate surface area is 166 Å². The van der Waals surface area contributed by atoms with Gasteiger partial charge in [0.25, 0.3) is 0 Å². The van der Waals surface area contributed by atoms with Crippen LogP contribution < -0.4 is 10.4 Å². The molecule has 0 saturated heterocycles. The number of ether oxygens (including phenoxy) is 1. The van der Waals surface area contributed by atoms with Crippen molar-refractivity contribution in [3.05, 3.63) is 70.6 Å². The minimum atomic E-state index is -0.395. The van der Waals surface area contributed by atoms with Crippen LogP contribution in [0.2, 0.25) is 0 Å². The molecule has 0 aliphatic carbocycles. The first-order chi connectivity index (χ1) is 13.8. The van der Waals surface area contributed by atoms with Gasteiger partial charge in [0, 0.05) is 0 Å². The van der Waals surface area contributed by atoms with E-state index < -0.39 is 5.63 Å². The SMILES string of the molecule is O=c1oc(OCCCCCCCCCCc2ccccc2)nc2ccccc12. The second-order valence-electron chi connectivity index (χ2n) is 7.20. The second-order valence-corrected chi connectivity index (χ2v) is 7.20. The Morgan fingerprint density at radius 2 is 1.39 bits per heavy atom. The van der Waals surface area contributed by atoms with Crippen molar-refractivity contribution in [3.63, 3.8) is 0 Å². The third kappa shape index (κ3) is 6.52. The maximum Gasteiger partial charge on any atom is 0.397 e. The summed E-state index contributed by atoms with van der Waals surface area (Å²) in [7, 11) is 0. The third-order valence-electron chi connectivity index (χ3n) is 4.94. The largest absolute Gasteiger partial charge is 0.450 e. The van der Waals surface area contributed by atoms with Crippen molar-refractivity contribution in [2.75, 3.05) is 6.61 Å². The molecule has 2 aromatic carbocycles. The fraction of sp³-hybridized carbons (Fsp3) is 0.417. The second kappa shape index (κ2) is 11.3. The van der Waals surface area contributed by atoms with Gasteiger partial charge in [-0.05, 0) is 37.0 Å². The van der Waals surface area contributed by atoms with Crippen LogP contribution in [-0.4, -0.2) is 11.6 Å².